The van der Waals surface area contributed by atoms with Crippen LogP contribution in [0, 0.1) is 23.7 Å². The lowest BCUT2D eigenvalue weighted by Gasteiger charge is -2.23. The number of carbonyl (C=O) groups is 4. The second-order valence-corrected chi connectivity index (χ2v) is 14.0. The summed E-state index contributed by atoms with van der Waals surface area (Å²) in [5, 5.41) is 11.2. The summed E-state index contributed by atoms with van der Waals surface area (Å²) >= 11 is 0. The van der Waals surface area contributed by atoms with Crippen LogP contribution in [0.5, 0.6) is 0 Å². The van der Waals surface area contributed by atoms with Crippen LogP contribution in [-0.2, 0) is 38.0 Å². The largest absolute Gasteiger partial charge is 0.382 e. The molecule has 0 bridgehead atoms. The highest BCUT2D eigenvalue weighted by atomic mass is 16.5. The van der Waals surface area contributed by atoms with Crippen LogP contribution >= 0.6 is 0 Å². The molecule has 0 aliphatic rings. The zero-order valence-corrected chi connectivity index (χ0v) is 34.6. The highest BCUT2D eigenvalue weighted by molar-refractivity contribution is 6.00. The van der Waals surface area contributed by atoms with E-state index in [4.69, 9.17) is 39.9 Å². The number of nitrogens with zero attached hydrogens (tertiary/aromatic N) is 2. The van der Waals surface area contributed by atoms with Crippen molar-refractivity contribution in [3.8, 4) is 0 Å². The van der Waals surface area contributed by atoms with Crippen molar-refractivity contribution in [2.45, 2.75) is 67.2 Å². The molecular formula is C38H70N8O10. The lowest BCUT2D eigenvalue weighted by molar-refractivity contribution is -0.128. The molecule has 4 amide bonds. The summed E-state index contributed by atoms with van der Waals surface area (Å²) in [5.41, 5.74) is 11.5. The van der Waals surface area contributed by atoms with Crippen LogP contribution in [0.25, 0.3) is 0 Å². The fraction of sp³-hybridized carbons (Fsp3) is 0.789. The lowest BCUT2D eigenvalue weighted by Crippen LogP contribution is -2.37. The molecule has 322 valence electrons. The van der Waals surface area contributed by atoms with Gasteiger partial charge < -0.3 is 61.2 Å². The quantitative estimate of drug-likeness (QED) is 0.0542. The van der Waals surface area contributed by atoms with E-state index < -0.39 is 11.8 Å². The van der Waals surface area contributed by atoms with Gasteiger partial charge in [0.2, 0.25) is 11.8 Å². The van der Waals surface area contributed by atoms with Crippen LogP contribution < -0.4 is 32.7 Å². The number of rotatable bonds is 34. The summed E-state index contributed by atoms with van der Waals surface area (Å²) in [7, 11) is 0. The Bertz CT molecular complexity index is 1250. The van der Waals surface area contributed by atoms with Gasteiger partial charge in [0, 0.05) is 64.4 Å². The van der Waals surface area contributed by atoms with Crippen molar-refractivity contribution in [2.75, 3.05) is 117 Å². The fourth-order valence-corrected chi connectivity index (χ4v) is 5.27. The summed E-state index contributed by atoms with van der Waals surface area (Å²) in [4.78, 5) is 57.0. The van der Waals surface area contributed by atoms with Gasteiger partial charge in [0.15, 0.2) is 23.0 Å². The van der Waals surface area contributed by atoms with E-state index >= 15 is 0 Å². The zero-order valence-electron chi connectivity index (χ0n) is 34.6. The van der Waals surface area contributed by atoms with Gasteiger partial charge in [-0.25, -0.2) is 9.97 Å². The molecule has 1 aromatic heterocycles. The van der Waals surface area contributed by atoms with Crippen LogP contribution in [0.4, 0.5) is 11.6 Å². The topological polar surface area (TPSA) is 250 Å². The van der Waals surface area contributed by atoms with E-state index in [0.717, 1.165) is 12.8 Å². The Labute approximate surface area is 332 Å². The van der Waals surface area contributed by atoms with E-state index in [-0.39, 0.29) is 46.7 Å². The van der Waals surface area contributed by atoms with Crippen molar-refractivity contribution in [3.05, 3.63) is 11.4 Å². The van der Waals surface area contributed by atoms with E-state index in [1.54, 1.807) is 0 Å². The monoisotopic (exact) mass is 799 g/mol. The molecule has 0 aromatic carbocycles. The SMILES string of the molecule is CC(C)C(=O)NCCCOCCOCCOCCCNC(=O)c1nc(N)c(C(=O)NCCCOCCOCCOCCCNC(=O)C(C(C)C)C(C)C)nc1N. The Morgan fingerprint density at radius 1 is 0.464 bits per heavy atom. The fourth-order valence-electron chi connectivity index (χ4n) is 5.27. The number of nitrogens with one attached hydrogen (secondary N) is 4. The summed E-state index contributed by atoms with van der Waals surface area (Å²) in [6.45, 7) is 19.1. The van der Waals surface area contributed by atoms with Gasteiger partial charge in [0.25, 0.3) is 11.8 Å². The molecule has 1 heterocycles. The maximum absolute atomic E-state index is 12.6. The Kier molecular flexibility index (Phi) is 28.2. The van der Waals surface area contributed by atoms with E-state index in [0.29, 0.717) is 130 Å². The van der Waals surface area contributed by atoms with Crippen molar-refractivity contribution in [3.63, 3.8) is 0 Å². The Hall–Kier alpha value is -3.68. The number of nitrogens with two attached hydrogens (primary N) is 2. The zero-order chi connectivity index (χ0) is 41.6. The first-order valence-electron chi connectivity index (χ1n) is 19.9. The minimum Gasteiger partial charge on any atom is -0.382 e. The third kappa shape index (κ3) is 23.4. The summed E-state index contributed by atoms with van der Waals surface area (Å²) < 4.78 is 33.1. The third-order valence-electron chi connectivity index (χ3n) is 8.16. The molecule has 0 atom stereocenters. The summed E-state index contributed by atoms with van der Waals surface area (Å²) in [5.74, 6) is -0.813. The number of nitrogen functional groups attached to an aromatic ring is 2. The maximum atomic E-state index is 12.6. The van der Waals surface area contributed by atoms with Gasteiger partial charge in [-0.05, 0) is 37.5 Å². The molecule has 1 rings (SSSR count). The number of anilines is 2. The highest BCUT2D eigenvalue weighted by Gasteiger charge is 2.25. The number of ether oxygens (including phenoxy) is 6. The van der Waals surface area contributed by atoms with E-state index in [2.05, 4.69) is 58.9 Å². The molecular weight excluding hydrogens is 728 g/mol. The molecule has 18 heteroatoms. The molecule has 18 nitrogen and oxygen atoms in total. The van der Waals surface area contributed by atoms with Crippen molar-refractivity contribution in [1.82, 2.24) is 31.2 Å². The van der Waals surface area contributed by atoms with Crippen molar-refractivity contribution < 1.29 is 47.6 Å². The molecule has 0 fully saturated rings. The van der Waals surface area contributed by atoms with E-state index in [9.17, 15) is 19.2 Å². The number of hydrogen-bond donors (Lipinski definition) is 6. The van der Waals surface area contributed by atoms with Gasteiger partial charge in [-0.1, -0.05) is 41.5 Å². The molecule has 0 aliphatic carbocycles. The number of amides is 4. The van der Waals surface area contributed by atoms with Crippen molar-refractivity contribution >= 4 is 35.3 Å². The standard InChI is InChI=1S/C38H70N8O10/c1-27(2)30(28(3)4)36(48)42-12-8-16-52-20-24-56-26-22-54-18-10-14-44-38(50)32-34(40)45-31(33(39)46-32)37(49)43-13-9-17-53-21-25-55-23-19-51-15-7-11-41-35(47)29(5)6/h27-30H,7-26H2,1-6H3,(H2,39,46)(H2,40,45)(H,41,47)(H,42,48)(H,43,49)(H,44,50). The first-order chi connectivity index (χ1) is 26.9. The number of hydrogen-bond acceptors (Lipinski definition) is 14. The van der Waals surface area contributed by atoms with Crippen LogP contribution in [-0.4, -0.2) is 139 Å². The van der Waals surface area contributed by atoms with E-state index in [1.807, 2.05) is 13.8 Å². The molecule has 0 spiro atoms. The molecule has 0 aliphatic heterocycles. The van der Waals surface area contributed by atoms with Gasteiger partial charge in [0.1, 0.15) is 0 Å². The first kappa shape index (κ1) is 50.3. The normalized spacial score (nSPS) is 11.5. The average Bonchev–Trinajstić information content (AvgIpc) is 3.14. The van der Waals surface area contributed by atoms with Crippen LogP contribution in [0.2, 0.25) is 0 Å². The van der Waals surface area contributed by atoms with Gasteiger partial charge in [-0.2, -0.15) is 0 Å². The van der Waals surface area contributed by atoms with Gasteiger partial charge >= 0.3 is 0 Å². The van der Waals surface area contributed by atoms with Crippen LogP contribution in [0.15, 0.2) is 0 Å². The Morgan fingerprint density at radius 2 is 0.750 bits per heavy atom. The molecule has 1 aromatic rings. The number of aromatic nitrogens is 2. The van der Waals surface area contributed by atoms with Crippen molar-refractivity contribution in [2.24, 2.45) is 23.7 Å². The smallest absolute Gasteiger partial charge is 0.273 e. The lowest BCUT2D eigenvalue weighted by atomic mass is 9.85. The predicted octanol–water partition coefficient (Wildman–Crippen LogP) is 1.58. The number of carbonyl (C=O) groups excluding carboxylic acids is 4. The second-order valence-electron chi connectivity index (χ2n) is 14.0. The van der Waals surface area contributed by atoms with Crippen LogP contribution in [0.3, 0.4) is 0 Å². The minimum atomic E-state index is -0.563. The van der Waals surface area contributed by atoms with Crippen LogP contribution in [0.1, 0.15) is 88.2 Å². The Morgan fingerprint density at radius 3 is 1.05 bits per heavy atom. The first-order valence-corrected chi connectivity index (χ1v) is 19.9. The Balaban J connectivity index is 2.06. The van der Waals surface area contributed by atoms with Gasteiger partial charge in [-0.3, -0.25) is 19.2 Å². The third-order valence-corrected chi connectivity index (χ3v) is 8.16. The van der Waals surface area contributed by atoms with E-state index in [1.165, 1.54) is 0 Å². The molecule has 0 radical (unpaired) electrons. The summed E-state index contributed by atoms with van der Waals surface area (Å²) in [6.07, 6.45) is 2.56. The average molecular weight is 799 g/mol. The maximum Gasteiger partial charge on any atom is 0.273 e. The molecule has 0 unspecified atom stereocenters. The van der Waals surface area contributed by atoms with Gasteiger partial charge in [-0.15, -0.1) is 0 Å². The molecule has 8 N–H and O–H groups in total. The second kappa shape index (κ2) is 31.4. The molecule has 56 heavy (non-hydrogen) atoms. The van der Waals surface area contributed by atoms with Gasteiger partial charge in [0.05, 0.1) is 52.9 Å². The highest BCUT2D eigenvalue weighted by Crippen LogP contribution is 2.20. The predicted molar refractivity (Wildman–Crippen MR) is 213 cm³/mol. The molecule has 0 saturated carbocycles. The summed E-state index contributed by atoms with van der Waals surface area (Å²) in [6, 6.07) is 0. The minimum absolute atomic E-state index is 0.0145. The van der Waals surface area contributed by atoms with Crippen molar-refractivity contribution in [1.29, 1.82) is 0 Å². The molecule has 0 saturated heterocycles.